The zero-order valence-corrected chi connectivity index (χ0v) is 48.5. The van der Waals surface area contributed by atoms with E-state index >= 15 is 0 Å². The van der Waals surface area contributed by atoms with E-state index in [0.29, 0.717) is 89.2 Å². The summed E-state index contributed by atoms with van der Waals surface area (Å²) in [5.74, 6) is -4.76. The molecule has 0 N–H and O–H groups in total. The van der Waals surface area contributed by atoms with Gasteiger partial charge in [-0.15, -0.1) is 0 Å². The van der Waals surface area contributed by atoms with Gasteiger partial charge in [0.25, 0.3) is 0 Å². The van der Waals surface area contributed by atoms with Gasteiger partial charge in [-0.05, 0) is 200 Å². The highest BCUT2D eigenvalue weighted by Crippen LogP contribution is 2.42. The lowest BCUT2D eigenvalue weighted by Crippen LogP contribution is -2.22. The molecule has 0 aromatic heterocycles. The molecule has 3 fully saturated rings. The van der Waals surface area contributed by atoms with Crippen molar-refractivity contribution in [3.63, 3.8) is 0 Å². The van der Waals surface area contributed by atoms with Crippen molar-refractivity contribution in [2.75, 3.05) is 102 Å². The van der Waals surface area contributed by atoms with Crippen LogP contribution in [0.15, 0.2) is 91.0 Å². The Morgan fingerprint density at radius 3 is 0.851 bits per heavy atom. The Morgan fingerprint density at radius 2 is 0.598 bits per heavy atom. The van der Waals surface area contributed by atoms with Gasteiger partial charge < -0.3 is 85.3 Å². The first kappa shape index (κ1) is 41.0. The summed E-state index contributed by atoms with van der Waals surface area (Å²) in [7, 11) is -5.58. The fourth-order valence-electron chi connectivity index (χ4n) is 10.2. The zero-order valence-electron chi connectivity index (χ0n) is 69.5. The molecule has 0 saturated carbocycles. The average Bonchev–Trinajstić information content (AvgIpc) is 1.32. The van der Waals surface area contributed by atoms with E-state index in [2.05, 4.69) is 0 Å². The highest BCUT2D eigenvalue weighted by molar-refractivity contribution is 5.58. The number of rotatable bonds is 30. The highest BCUT2D eigenvalue weighted by Gasteiger charge is 2.25. The van der Waals surface area contributed by atoms with Crippen molar-refractivity contribution < 1.29 is 114 Å². The largest absolute Gasteiger partial charge is 0.493 e. The van der Waals surface area contributed by atoms with Gasteiger partial charge in [0.05, 0.1) is 91.0 Å². The molecule has 3 aliphatic heterocycles. The van der Waals surface area contributed by atoms with Crippen LogP contribution in [0.5, 0.6) is 69.0 Å². The lowest BCUT2D eigenvalue weighted by molar-refractivity contribution is -0.169. The van der Waals surface area contributed by atoms with Crippen LogP contribution in [0.3, 0.4) is 0 Å². The smallest absolute Gasteiger partial charge is 0.161 e. The normalized spacial score (nSPS) is 22.4. The predicted molar refractivity (Wildman–Crippen MR) is 324 cm³/mol. The molecule has 1 aliphatic carbocycles. The second-order valence-electron chi connectivity index (χ2n) is 20.5. The molecule has 10 rings (SSSR count). The Bertz CT molecular complexity index is 3660. The van der Waals surface area contributed by atoms with Gasteiger partial charge in [-0.25, -0.2) is 0 Å². The number of methoxy groups -OCH3 is 6. The standard InChI is InChI=1S/C69H84O18/c1-70-58-31-46(43-85-67-13-7-10-22-82-67)16-19-55(58)76-25-28-79-64-40-52-34-50-38-62(74-5)66(81-30-27-78-57-21-18-48(33-60(57)72-3)45-87-69-15-9-12-24-84-69)42-54(50)36-51-39-63(75-6)65(41-53(51)35-49(52)37-61(64)73-4)80-29-26-77-56-20-17-47(32-59(56)71-2)44-86-68-14-8-11-23-83-68/h16-21,31-33,37-42,67-69H,7-15,22-30,34-36,43-45H2,1-6H3/i1D3,2D3,3D3,25D2,26D2,27D2,28D2,29D2,30D2. The fourth-order valence-corrected chi connectivity index (χ4v) is 10.2. The van der Waals surface area contributed by atoms with E-state index in [-0.39, 0.29) is 56.3 Å². The minimum absolute atomic E-state index is 0.0598. The Kier molecular flexibility index (Phi) is 15.1. The number of ether oxygens (including phenoxy) is 18. The highest BCUT2D eigenvalue weighted by atomic mass is 16.7. The fraction of sp³-hybridized carbons (Fsp3) is 0.478. The van der Waals surface area contributed by atoms with E-state index in [1.54, 1.807) is 0 Å². The number of hydrogen-bond donors (Lipinski definition) is 0. The van der Waals surface area contributed by atoms with Gasteiger partial charge in [0.15, 0.2) is 87.9 Å². The van der Waals surface area contributed by atoms with E-state index in [0.717, 1.165) is 38.5 Å². The maximum Gasteiger partial charge on any atom is 0.161 e. The first-order chi connectivity index (χ1) is 50.6. The number of hydrogen-bond acceptors (Lipinski definition) is 18. The van der Waals surface area contributed by atoms with E-state index in [1.807, 2.05) is 0 Å². The third-order valence-electron chi connectivity index (χ3n) is 14.8. The molecule has 3 saturated heterocycles. The van der Waals surface area contributed by atoms with Gasteiger partial charge in [0.2, 0.25) is 0 Å². The van der Waals surface area contributed by atoms with Crippen LogP contribution in [0.1, 0.15) is 137 Å². The summed E-state index contributed by atoms with van der Waals surface area (Å²) in [4.78, 5) is 0. The van der Waals surface area contributed by atoms with Crippen molar-refractivity contribution in [1.82, 2.24) is 0 Å². The Balaban J connectivity index is 1.01. The molecule has 87 heavy (non-hydrogen) atoms. The molecule has 18 nitrogen and oxygen atoms in total. The summed E-state index contributed by atoms with van der Waals surface area (Å²) in [6.07, 6.45) is 5.08. The van der Waals surface area contributed by atoms with Gasteiger partial charge in [-0.1, -0.05) is 18.2 Å². The molecule has 18 heteroatoms. The average molecular weight is 1220 g/mol. The molecule has 468 valence electrons. The second kappa shape index (κ2) is 32.1. The molecular formula is C69H84O18. The van der Waals surface area contributed by atoms with Crippen LogP contribution < -0.4 is 56.8 Å². The summed E-state index contributed by atoms with van der Waals surface area (Å²) in [6, 6.07) is 20.1. The third kappa shape index (κ3) is 17.3. The first-order valence-corrected chi connectivity index (χ1v) is 28.5. The maximum atomic E-state index is 9.16. The second-order valence-corrected chi connectivity index (χ2v) is 20.5. The Morgan fingerprint density at radius 1 is 0.333 bits per heavy atom. The van der Waals surface area contributed by atoms with Gasteiger partial charge in [-0.2, -0.15) is 0 Å². The summed E-state index contributed by atoms with van der Waals surface area (Å²) < 4.78 is 283. The van der Waals surface area contributed by atoms with E-state index in [1.165, 1.54) is 112 Å². The van der Waals surface area contributed by atoms with Crippen LogP contribution in [0.4, 0.5) is 0 Å². The monoisotopic (exact) mass is 1220 g/mol. The van der Waals surface area contributed by atoms with E-state index in [4.69, 9.17) is 114 Å². The van der Waals surface area contributed by atoms with Gasteiger partial charge in [0.1, 0.15) is 39.4 Å². The van der Waals surface area contributed by atoms with Crippen molar-refractivity contribution in [3.05, 3.63) is 141 Å². The predicted octanol–water partition coefficient (Wildman–Crippen LogP) is 12.3. The minimum Gasteiger partial charge on any atom is -0.493 e. The van der Waals surface area contributed by atoms with Gasteiger partial charge in [-0.3, -0.25) is 0 Å². The quantitative estimate of drug-likeness (QED) is 0.0417. The molecular weight excluding hydrogens is 1120 g/mol. The SMILES string of the molecule is [2H]C([2H])([2H])Oc1cc(COC2CCCCO2)ccc1OC([2H])([2H])C([2H])([2H])Oc1cc2c(cc1OC)Cc1cc(OC([2H])([2H])C([2H])([2H])Oc3ccc(COC4CCCCO4)cc3OC([2H])([2H])[2H])c(OC)cc1Cc1cc(OC([2H])([2H])C([2H])([2H])Oc3ccc(COC4CCCCO4)cc3OC([2H])([2H])[2H])c(OC)cc1C2. The molecule has 0 bridgehead atoms. The van der Waals surface area contributed by atoms with Gasteiger partial charge in [0, 0.05) is 19.8 Å². The van der Waals surface area contributed by atoms with Crippen molar-refractivity contribution in [1.29, 1.82) is 0 Å². The lowest BCUT2D eigenvalue weighted by atomic mass is 9.94. The number of fused-ring (bicyclic) bond motifs is 3. The van der Waals surface area contributed by atoms with E-state index < -0.39 is 131 Å². The molecule has 0 spiro atoms. The van der Waals surface area contributed by atoms with E-state index in [9.17, 15) is 0 Å². The van der Waals surface area contributed by atoms with Crippen LogP contribution >= 0.6 is 0 Å². The Labute approximate surface area is 540 Å². The van der Waals surface area contributed by atoms with Crippen LogP contribution in [0, 0.1) is 0 Å². The summed E-state index contributed by atoms with van der Waals surface area (Å²) in [5, 5.41) is 0. The van der Waals surface area contributed by atoms with Crippen LogP contribution in [-0.4, -0.2) is 120 Å². The number of benzene rings is 6. The summed E-state index contributed by atoms with van der Waals surface area (Å²) in [6.45, 7) is -19.6. The molecule has 6 aromatic rings. The molecule has 3 heterocycles. The molecule has 0 radical (unpaired) electrons. The van der Waals surface area contributed by atoms with Gasteiger partial charge >= 0.3 is 0 Å². The summed E-state index contributed by atoms with van der Waals surface area (Å²) >= 11 is 0. The van der Waals surface area contributed by atoms with Crippen molar-refractivity contribution in [3.8, 4) is 69.0 Å². The van der Waals surface area contributed by atoms with Crippen LogP contribution in [0.25, 0.3) is 0 Å². The van der Waals surface area contributed by atoms with Crippen LogP contribution in [0.2, 0.25) is 0 Å². The molecule has 6 aromatic carbocycles. The molecule has 3 atom stereocenters. The first-order valence-electron chi connectivity index (χ1n) is 39.0. The minimum atomic E-state index is -3.48. The lowest BCUT2D eigenvalue weighted by Gasteiger charge is -2.22. The van der Waals surface area contributed by atoms with Crippen LogP contribution in [-0.2, 0) is 67.5 Å². The van der Waals surface area contributed by atoms with Crippen molar-refractivity contribution in [2.45, 2.75) is 116 Å². The van der Waals surface area contributed by atoms with Crippen molar-refractivity contribution in [2.24, 2.45) is 0 Å². The third-order valence-corrected chi connectivity index (χ3v) is 14.8. The molecule has 4 aliphatic rings. The zero-order chi connectivity index (χ0) is 78.4. The van der Waals surface area contributed by atoms with Crippen molar-refractivity contribution >= 4 is 0 Å². The summed E-state index contributed by atoms with van der Waals surface area (Å²) in [5.41, 5.74) is 3.26. The molecule has 0 amide bonds. The maximum absolute atomic E-state index is 9.16. The molecule has 3 unspecified atom stereocenters. The topological polar surface area (TPSA) is 166 Å². The Hall–Kier alpha value is -7.32.